The fourth-order valence-electron chi connectivity index (χ4n) is 4.39. The van der Waals surface area contributed by atoms with Crippen molar-refractivity contribution in [3.63, 3.8) is 0 Å². The number of carbonyl (C=O) groups excluding carboxylic acids is 1. The first-order valence-electron chi connectivity index (χ1n) is 9.71. The van der Waals surface area contributed by atoms with Gasteiger partial charge in [-0.1, -0.05) is 18.2 Å². The standard InChI is InChI=1S/C21H21N3O4S/c25-21(23-15-8-14-6-7-24(11-14)12-15)18-9-17-19(10-22-18)28-13-20(17)29(26,27)16-4-2-1-3-5-16/h1-5,9-10,13-15H,6-8,11-12H2,(H,23,25)/t14-,15-/m1/s1. The number of furan rings is 1. The van der Waals surface area contributed by atoms with Crippen LogP contribution in [0.2, 0.25) is 0 Å². The molecule has 2 aliphatic rings. The molecule has 2 bridgehead atoms. The van der Waals surface area contributed by atoms with Crippen LogP contribution in [0.4, 0.5) is 0 Å². The van der Waals surface area contributed by atoms with E-state index in [0.717, 1.165) is 26.1 Å². The molecule has 5 rings (SSSR count). The summed E-state index contributed by atoms with van der Waals surface area (Å²) in [4.78, 5) is 19.5. The van der Waals surface area contributed by atoms with Gasteiger partial charge in [0.25, 0.3) is 5.91 Å². The summed E-state index contributed by atoms with van der Waals surface area (Å²) in [5, 5.41) is 3.42. The maximum Gasteiger partial charge on any atom is 0.270 e. The predicted octanol–water partition coefficient (Wildman–Crippen LogP) is 2.48. The second kappa shape index (κ2) is 6.96. The molecule has 150 valence electrons. The molecule has 8 heteroatoms. The molecule has 1 aromatic carbocycles. The molecule has 7 nitrogen and oxygen atoms in total. The zero-order valence-corrected chi connectivity index (χ0v) is 16.6. The van der Waals surface area contributed by atoms with E-state index in [1.807, 2.05) is 0 Å². The quantitative estimate of drug-likeness (QED) is 0.709. The normalized spacial score (nSPS) is 23.9. The molecule has 0 radical (unpaired) electrons. The summed E-state index contributed by atoms with van der Waals surface area (Å²) in [7, 11) is -3.76. The Labute approximate surface area is 168 Å². The minimum atomic E-state index is -3.76. The van der Waals surface area contributed by atoms with Crippen LogP contribution in [0.1, 0.15) is 23.3 Å². The van der Waals surface area contributed by atoms with Crippen molar-refractivity contribution < 1.29 is 17.6 Å². The third kappa shape index (κ3) is 3.32. The van der Waals surface area contributed by atoms with Crippen molar-refractivity contribution in [2.75, 3.05) is 19.6 Å². The SMILES string of the molecule is O=C(N[C@@H]1C[C@H]2CCN(C2)C1)c1cc2c(S(=O)(=O)c3ccccc3)coc2cn1. The third-order valence-electron chi connectivity index (χ3n) is 5.80. The second-order valence-electron chi connectivity index (χ2n) is 7.80. The van der Waals surface area contributed by atoms with Gasteiger partial charge in [-0.2, -0.15) is 0 Å². The van der Waals surface area contributed by atoms with Gasteiger partial charge in [0.05, 0.1) is 11.1 Å². The zero-order chi connectivity index (χ0) is 20.0. The molecule has 4 heterocycles. The van der Waals surface area contributed by atoms with Crippen LogP contribution in [-0.4, -0.2) is 49.9 Å². The average molecular weight is 411 g/mol. The van der Waals surface area contributed by atoms with E-state index in [1.165, 1.54) is 37.1 Å². The fraction of sp³-hybridized carbons (Fsp3) is 0.333. The molecule has 29 heavy (non-hydrogen) atoms. The summed E-state index contributed by atoms with van der Waals surface area (Å²) in [6.45, 7) is 3.06. The number of rotatable bonds is 4. The number of sulfone groups is 1. The highest BCUT2D eigenvalue weighted by Gasteiger charge is 2.33. The average Bonchev–Trinajstić information content (AvgIpc) is 3.31. The van der Waals surface area contributed by atoms with Gasteiger partial charge in [0.1, 0.15) is 16.9 Å². The van der Waals surface area contributed by atoms with Crippen LogP contribution in [-0.2, 0) is 9.84 Å². The molecular weight excluding hydrogens is 390 g/mol. The van der Waals surface area contributed by atoms with Crippen molar-refractivity contribution in [2.45, 2.75) is 28.7 Å². The minimum Gasteiger partial charge on any atom is -0.461 e. The van der Waals surface area contributed by atoms with Crippen LogP contribution in [0.3, 0.4) is 0 Å². The summed E-state index contributed by atoms with van der Waals surface area (Å²) in [5.74, 6) is 0.352. The third-order valence-corrected chi connectivity index (χ3v) is 7.59. The van der Waals surface area contributed by atoms with E-state index in [2.05, 4.69) is 15.2 Å². The monoisotopic (exact) mass is 411 g/mol. The van der Waals surface area contributed by atoms with Gasteiger partial charge in [-0.05, 0) is 43.5 Å². The van der Waals surface area contributed by atoms with E-state index in [-0.39, 0.29) is 27.4 Å². The maximum atomic E-state index is 13.0. The molecule has 2 aromatic heterocycles. The zero-order valence-electron chi connectivity index (χ0n) is 15.7. The van der Waals surface area contributed by atoms with Crippen molar-refractivity contribution in [2.24, 2.45) is 5.92 Å². The summed E-state index contributed by atoms with van der Waals surface area (Å²) >= 11 is 0. The first-order chi connectivity index (χ1) is 14.0. The first kappa shape index (κ1) is 18.3. The van der Waals surface area contributed by atoms with Crippen molar-refractivity contribution in [3.05, 3.63) is 54.6 Å². The number of nitrogens with one attached hydrogen (secondary N) is 1. The Balaban J connectivity index is 1.44. The lowest BCUT2D eigenvalue weighted by Crippen LogP contribution is -2.47. The second-order valence-corrected chi connectivity index (χ2v) is 9.72. The van der Waals surface area contributed by atoms with Gasteiger partial charge >= 0.3 is 0 Å². The van der Waals surface area contributed by atoms with Crippen molar-refractivity contribution >= 4 is 26.7 Å². The van der Waals surface area contributed by atoms with Crippen LogP contribution in [0.15, 0.2) is 63.1 Å². The molecular formula is C21H21N3O4S. The number of fused-ring (bicyclic) bond motifs is 3. The highest BCUT2D eigenvalue weighted by atomic mass is 32.2. The number of piperidine rings is 1. The maximum absolute atomic E-state index is 13.0. The number of benzene rings is 1. The Morgan fingerprint density at radius 1 is 1.21 bits per heavy atom. The number of hydrogen-bond acceptors (Lipinski definition) is 6. The summed E-state index contributed by atoms with van der Waals surface area (Å²) in [5.41, 5.74) is 0.522. The van der Waals surface area contributed by atoms with Crippen molar-refractivity contribution in [1.29, 1.82) is 0 Å². The van der Waals surface area contributed by atoms with Crippen LogP contribution < -0.4 is 5.32 Å². The first-order valence-corrected chi connectivity index (χ1v) is 11.2. The van der Waals surface area contributed by atoms with Gasteiger partial charge in [0, 0.05) is 24.5 Å². The van der Waals surface area contributed by atoms with Crippen LogP contribution in [0, 0.1) is 5.92 Å². The smallest absolute Gasteiger partial charge is 0.270 e. The molecule has 1 amide bonds. The number of amides is 1. The molecule has 0 spiro atoms. The summed E-state index contributed by atoms with van der Waals surface area (Å²) < 4.78 is 31.4. The Bertz CT molecular complexity index is 1160. The van der Waals surface area contributed by atoms with Gasteiger partial charge in [-0.25, -0.2) is 13.4 Å². The van der Waals surface area contributed by atoms with E-state index in [4.69, 9.17) is 4.42 Å². The predicted molar refractivity (Wildman–Crippen MR) is 106 cm³/mol. The molecule has 3 aromatic rings. The molecule has 1 unspecified atom stereocenters. The Hall–Kier alpha value is -2.71. The van der Waals surface area contributed by atoms with Gasteiger partial charge in [-0.3, -0.25) is 4.79 Å². The van der Waals surface area contributed by atoms with E-state index >= 15 is 0 Å². The molecule has 0 saturated carbocycles. The van der Waals surface area contributed by atoms with Crippen molar-refractivity contribution in [1.82, 2.24) is 15.2 Å². The van der Waals surface area contributed by atoms with Crippen LogP contribution in [0.25, 0.3) is 11.0 Å². The van der Waals surface area contributed by atoms with E-state index in [9.17, 15) is 13.2 Å². The number of carbonyl (C=O) groups is 1. The molecule has 2 fully saturated rings. The Kier molecular flexibility index (Phi) is 4.40. The number of pyridine rings is 1. The highest BCUT2D eigenvalue weighted by molar-refractivity contribution is 7.91. The van der Waals surface area contributed by atoms with Gasteiger partial charge < -0.3 is 14.6 Å². The number of nitrogens with zero attached hydrogens (tertiary/aromatic N) is 2. The van der Waals surface area contributed by atoms with Crippen molar-refractivity contribution in [3.8, 4) is 0 Å². The lowest BCUT2D eigenvalue weighted by atomic mass is 9.97. The van der Waals surface area contributed by atoms with E-state index in [1.54, 1.807) is 18.2 Å². The van der Waals surface area contributed by atoms with Gasteiger partial charge in [-0.15, -0.1) is 0 Å². The van der Waals surface area contributed by atoms with Crippen LogP contribution in [0.5, 0.6) is 0 Å². The topological polar surface area (TPSA) is 92.5 Å². The lowest BCUT2D eigenvalue weighted by molar-refractivity contribution is 0.0904. The molecule has 1 N–H and O–H groups in total. The van der Waals surface area contributed by atoms with Gasteiger partial charge in [0.2, 0.25) is 9.84 Å². The highest BCUT2D eigenvalue weighted by Crippen LogP contribution is 2.30. The molecule has 2 saturated heterocycles. The van der Waals surface area contributed by atoms with E-state index < -0.39 is 9.84 Å². The summed E-state index contributed by atoms with van der Waals surface area (Å²) in [6, 6.07) is 9.77. The Morgan fingerprint density at radius 2 is 2.03 bits per heavy atom. The lowest BCUT2D eigenvalue weighted by Gasteiger charge is -2.30. The minimum absolute atomic E-state index is 0.0389. The molecule has 0 aliphatic carbocycles. The summed E-state index contributed by atoms with van der Waals surface area (Å²) in [6.07, 6.45) is 4.78. The molecule has 3 atom stereocenters. The largest absolute Gasteiger partial charge is 0.461 e. The number of aromatic nitrogens is 1. The van der Waals surface area contributed by atoms with Crippen LogP contribution >= 0.6 is 0 Å². The number of hydrogen-bond donors (Lipinski definition) is 1. The molecule has 2 aliphatic heterocycles. The fourth-order valence-corrected chi connectivity index (χ4v) is 5.79. The van der Waals surface area contributed by atoms with Gasteiger partial charge in [0.15, 0.2) is 5.58 Å². The van der Waals surface area contributed by atoms with E-state index in [0.29, 0.717) is 16.9 Å². The Morgan fingerprint density at radius 3 is 2.83 bits per heavy atom.